The van der Waals surface area contributed by atoms with Gasteiger partial charge >= 0.3 is 5.97 Å². The zero-order chi connectivity index (χ0) is 11.7. The van der Waals surface area contributed by atoms with Crippen LogP contribution in [0.1, 0.15) is 28.9 Å². The van der Waals surface area contributed by atoms with Crippen LogP contribution < -0.4 is 0 Å². The summed E-state index contributed by atoms with van der Waals surface area (Å²) in [6.45, 7) is 0. The second kappa shape index (κ2) is 4.67. The van der Waals surface area contributed by atoms with Gasteiger partial charge in [-0.1, -0.05) is 0 Å². The summed E-state index contributed by atoms with van der Waals surface area (Å²) in [7, 11) is 0. The molecule has 16 heavy (non-hydrogen) atoms. The Morgan fingerprint density at radius 2 is 2.06 bits per heavy atom. The Morgan fingerprint density at radius 1 is 1.38 bits per heavy atom. The lowest BCUT2D eigenvalue weighted by molar-refractivity contribution is -0.141. The Balaban J connectivity index is 2.08. The fraction of sp³-hybridized carbons (Fsp3) is 0.455. The molecule has 0 radical (unpaired) electrons. The predicted molar refractivity (Wildman–Crippen MR) is 64.8 cm³/mol. The number of carboxylic acid groups (broad SMARTS) is 1. The molecule has 86 valence electrons. The van der Waals surface area contributed by atoms with Crippen molar-refractivity contribution in [3.05, 3.63) is 20.8 Å². The van der Waals surface area contributed by atoms with Gasteiger partial charge in [-0.15, -0.1) is 11.3 Å². The van der Waals surface area contributed by atoms with E-state index in [4.69, 9.17) is 5.11 Å². The lowest BCUT2D eigenvalue weighted by Crippen LogP contribution is -2.14. The van der Waals surface area contributed by atoms with Gasteiger partial charge in [-0.2, -0.15) is 0 Å². The molecule has 1 fully saturated rings. The van der Waals surface area contributed by atoms with E-state index in [1.807, 2.05) is 11.4 Å². The second-order valence-electron chi connectivity index (χ2n) is 4.01. The third-order valence-electron chi connectivity index (χ3n) is 2.99. The Kier molecular flexibility index (Phi) is 3.44. The van der Waals surface area contributed by atoms with Gasteiger partial charge in [-0.25, -0.2) is 0 Å². The summed E-state index contributed by atoms with van der Waals surface area (Å²) in [4.78, 5) is 23.6. The number of carbonyl (C=O) groups excluding carboxylic acids is 1. The molecule has 2 rings (SSSR count). The van der Waals surface area contributed by atoms with Crippen LogP contribution in [-0.2, 0) is 4.79 Å². The molecular weight excluding hydrogens is 292 g/mol. The third-order valence-corrected chi connectivity index (χ3v) is 4.85. The smallest absolute Gasteiger partial charge is 0.306 e. The highest BCUT2D eigenvalue weighted by Gasteiger charge is 2.35. The fourth-order valence-electron chi connectivity index (χ4n) is 2.10. The molecule has 0 aromatic carbocycles. The first-order valence-electron chi connectivity index (χ1n) is 5.09. The van der Waals surface area contributed by atoms with Crippen LogP contribution in [0.3, 0.4) is 0 Å². The van der Waals surface area contributed by atoms with Crippen molar-refractivity contribution in [3.63, 3.8) is 0 Å². The quantitative estimate of drug-likeness (QED) is 0.872. The minimum Gasteiger partial charge on any atom is -0.481 e. The summed E-state index contributed by atoms with van der Waals surface area (Å²) < 4.78 is 0.821. The van der Waals surface area contributed by atoms with Crippen molar-refractivity contribution < 1.29 is 14.7 Å². The molecule has 5 heteroatoms. The SMILES string of the molecule is O=C(O)C1CCC(C(=O)c2sccc2Br)C1. The number of carbonyl (C=O) groups is 2. The maximum Gasteiger partial charge on any atom is 0.306 e. The minimum atomic E-state index is -0.777. The monoisotopic (exact) mass is 302 g/mol. The van der Waals surface area contributed by atoms with Gasteiger partial charge in [0.2, 0.25) is 0 Å². The molecule has 2 unspecified atom stereocenters. The number of Topliss-reactive ketones (excluding diaryl/α,β-unsaturated/α-hetero) is 1. The topological polar surface area (TPSA) is 54.4 Å². The van der Waals surface area contributed by atoms with Crippen LogP contribution in [0.25, 0.3) is 0 Å². The number of thiophene rings is 1. The minimum absolute atomic E-state index is 0.0885. The summed E-state index contributed by atoms with van der Waals surface area (Å²) in [6.07, 6.45) is 1.80. The van der Waals surface area contributed by atoms with Crippen molar-refractivity contribution in [3.8, 4) is 0 Å². The van der Waals surface area contributed by atoms with Crippen LogP contribution >= 0.6 is 27.3 Å². The van der Waals surface area contributed by atoms with Crippen molar-refractivity contribution in [1.82, 2.24) is 0 Å². The summed E-state index contributed by atoms with van der Waals surface area (Å²) in [6, 6.07) is 1.85. The molecule has 1 aliphatic carbocycles. The molecule has 0 aliphatic heterocycles. The molecule has 1 N–H and O–H groups in total. The van der Waals surface area contributed by atoms with Crippen molar-refractivity contribution in [2.24, 2.45) is 11.8 Å². The number of rotatable bonds is 3. The first-order chi connectivity index (χ1) is 7.59. The zero-order valence-electron chi connectivity index (χ0n) is 8.48. The molecule has 1 aromatic rings. The normalized spacial score (nSPS) is 24.6. The number of aliphatic carboxylic acids is 1. The van der Waals surface area contributed by atoms with Gasteiger partial charge < -0.3 is 5.11 Å². The van der Waals surface area contributed by atoms with Gasteiger partial charge in [0.1, 0.15) is 0 Å². The van der Waals surface area contributed by atoms with Crippen LogP contribution in [0.2, 0.25) is 0 Å². The Morgan fingerprint density at radius 3 is 2.56 bits per heavy atom. The lowest BCUT2D eigenvalue weighted by atomic mass is 9.99. The van der Waals surface area contributed by atoms with E-state index >= 15 is 0 Å². The van der Waals surface area contributed by atoms with Gasteiger partial charge in [-0.3, -0.25) is 9.59 Å². The lowest BCUT2D eigenvalue weighted by Gasteiger charge is -2.07. The second-order valence-corrected chi connectivity index (χ2v) is 5.78. The molecule has 3 nitrogen and oxygen atoms in total. The highest BCUT2D eigenvalue weighted by Crippen LogP contribution is 2.36. The molecule has 0 bridgehead atoms. The number of hydrogen-bond acceptors (Lipinski definition) is 3. The van der Waals surface area contributed by atoms with Crippen molar-refractivity contribution >= 4 is 39.0 Å². The third kappa shape index (κ3) is 2.20. The predicted octanol–water partition coefficient (Wildman–Crippen LogP) is 3.19. The highest BCUT2D eigenvalue weighted by molar-refractivity contribution is 9.10. The Labute approximate surface area is 106 Å². The van der Waals surface area contributed by atoms with Crippen LogP contribution in [-0.4, -0.2) is 16.9 Å². The number of carboxylic acids is 1. The number of halogens is 1. The average molecular weight is 303 g/mol. The Bertz CT molecular complexity index is 427. The van der Waals surface area contributed by atoms with Gasteiger partial charge in [0.05, 0.1) is 10.8 Å². The van der Waals surface area contributed by atoms with Crippen molar-refractivity contribution in [2.75, 3.05) is 0 Å². The van der Waals surface area contributed by atoms with Crippen LogP contribution in [0.5, 0.6) is 0 Å². The first kappa shape index (κ1) is 11.8. The van der Waals surface area contributed by atoms with E-state index in [0.717, 1.165) is 9.35 Å². The molecule has 0 amide bonds. The summed E-state index contributed by atoms with van der Waals surface area (Å²) >= 11 is 4.74. The summed E-state index contributed by atoms with van der Waals surface area (Å²) in [5.41, 5.74) is 0. The molecule has 1 aromatic heterocycles. The van der Waals surface area contributed by atoms with Crippen molar-refractivity contribution in [1.29, 1.82) is 0 Å². The molecule has 1 saturated carbocycles. The molecular formula is C11H11BrO3S. The van der Waals surface area contributed by atoms with Crippen molar-refractivity contribution in [2.45, 2.75) is 19.3 Å². The molecule has 1 heterocycles. The fourth-order valence-corrected chi connectivity index (χ4v) is 3.69. The highest BCUT2D eigenvalue weighted by atomic mass is 79.9. The van der Waals surface area contributed by atoms with Gasteiger partial charge in [0, 0.05) is 10.4 Å². The van der Waals surface area contributed by atoms with E-state index in [1.165, 1.54) is 11.3 Å². The maximum atomic E-state index is 12.1. The Hall–Kier alpha value is -0.680. The zero-order valence-corrected chi connectivity index (χ0v) is 10.9. The van der Waals surface area contributed by atoms with Gasteiger partial charge in [0.25, 0.3) is 0 Å². The molecule has 0 saturated heterocycles. The van der Waals surface area contributed by atoms with E-state index < -0.39 is 5.97 Å². The molecule has 1 aliphatic rings. The summed E-state index contributed by atoms with van der Waals surface area (Å²) in [5.74, 6) is -1.14. The van der Waals surface area contributed by atoms with Crippen LogP contribution in [0.15, 0.2) is 15.9 Å². The average Bonchev–Trinajstić information content (AvgIpc) is 2.84. The van der Waals surface area contributed by atoms with E-state index in [1.54, 1.807) is 0 Å². The maximum absolute atomic E-state index is 12.1. The van der Waals surface area contributed by atoms with Gasteiger partial charge in [0.15, 0.2) is 5.78 Å². The largest absolute Gasteiger partial charge is 0.481 e. The summed E-state index contributed by atoms with van der Waals surface area (Å²) in [5, 5.41) is 10.7. The van der Waals surface area contributed by atoms with E-state index in [0.29, 0.717) is 19.3 Å². The van der Waals surface area contributed by atoms with Crippen LogP contribution in [0.4, 0.5) is 0 Å². The van der Waals surface area contributed by atoms with Gasteiger partial charge in [-0.05, 0) is 46.6 Å². The van der Waals surface area contributed by atoms with E-state index in [9.17, 15) is 9.59 Å². The van der Waals surface area contributed by atoms with E-state index in [-0.39, 0.29) is 17.6 Å². The number of hydrogen-bond donors (Lipinski definition) is 1. The molecule has 0 spiro atoms. The first-order valence-corrected chi connectivity index (χ1v) is 6.77. The van der Waals surface area contributed by atoms with Crippen LogP contribution in [0, 0.1) is 11.8 Å². The number of ketones is 1. The standard InChI is InChI=1S/C11H11BrO3S/c12-8-3-4-16-10(8)9(13)6-1-2-7(5-6)11(14)15/h3-4,6-7H,1-2,5H2,(H,14,15). The molecule has 2 atom stereocenters. The van der Waals surface area contributed by atoms with E-state index in [2.05, 4.69) is 15.9 Å².